The molecule has 166 valence electrons. The molecule has 2 saturated carbocycles. The molecule has 1 heterocycles. The summed E-state index contributed by atoms with van der Waals surface area (Å²) in [4.78, 5) is 16.7. The largest absolute Gasteiger partial charge is 0.507 e. The van der Waals surface area contributed by atoms with Gasteiger partial charge in [-0.05, 0) is 98.9 Å². The monoisotopic (exact) mass is 429 g/mol. The summed E-state index contributed by atoms with van der Waals surface area (Å²) in [5.74, 6) is 0.345. The topological polar surface area (TPSA) is 88.2 Å². The zero-order chi connectivity index (χ0) is 22.5. The van der Waals surface area contributed by atoms with Crippen molar-refractivity contribution in [3.8, 4) is 16.9 Å². The number of carbonyl (C=O) groups excluding carboxylic acids is 1. The Labute approximate surface area is 189 Å². The molecule has 0 saturated heterocycles. The van der Waals surface area contributed by atoms with Crippen LogP contribution >= 0.6 is 0 Å². The average Bonchev–Trinajstić information content (AvgIpc) is 3.59. The number of phenolic OH excluding ortho intramolecular Hbond substituents is 1. The molecule has 5 heteroatoms. The van der Waals surface area contributed by atoms with E-state index in [4.69, 9.17) is 10.7 Å². The van der Waals surface area contributed by atoms with E-state index in [1.807, 2.05) is 32.2 Å². The summed E-state index contributed by atoms with van der Waals surface area (Å²) in [6.45, 7) is 3.85. The van der Waals surface area contributed by atoms with Gasteiger partial charge in [0.2, 0.25) is 0 Å². The molecule has 0 aliphatic heterocycles. The molecular weight excluding hydrogens is 398 g/mol. The third-order valence-electron chi connectivity index (χ3n) is 7.36. The molecule has 0 radical (unpaired) electrons. The minimum atomic E-state index is -0.406. The van der Waals surface area contributed by atoms with Crippen LogP contribution in [0.3, 0.4) is 0 Å². The molecule has 1 aromatic heterocycles. The Morgan fingerprint density at radius 3 is 2.38 bits per heavy atom. The number of rotatable bonds is 5. The molecule has 0 spiro atoms. The summed E-state index contributed by atoms with van der Waals surface area (Å²) in [7, 11) is 0. The minimum absolute atomic E-state index is 0.291. The number of nitrogens with one attached hydrogen (secondary N) is 1. The van der Waals surface area contributed by atoms with Crippen molar-refractivity contribution in [3.63, 3.8) is 0 Å². The second-order valence-corrected chi connectivity index (χ2v) is 9.77. The maximum atomic E-state index is 12.0. The van der Waals surface area contributed by atoms with Gasteiger partial charge in [0.05, 0.1) is 10.9 Å². The van der Waals surface area contributed by atoms with Crippen molar-refractivity contribution in [3.05, 3.63) is 53.2 Å². The zero-order valence-corrected chi connectivity index (χ0v) is 18.8. The van der Waals surface area contributed by atoms with Crippen molar-refractivity contribution in [2.24, 2.45) is 5.73 Å². The number of hydrogen-bond donors (Lipinski definition) is 3. The Hall–Kier alpha value is -2.92. The fourth-order valence-corrected chi connectivity index (χ4v) is 5.08. The van der Waals surface area contributed by atoms with Gasteiger partial charge in [-0.3, -0.25) is 4.98 Å². The number of nitrogens with two attached hydrogens (primary N) is 1. The Morgan fingerprint density at radius 2 is 1.75 bits per heavy atom. The third-order valence-corrected chi connectivity index (χ3v) is 7.36. The second kappa shape index (κ2) is 7.89. The van der Waals surface area contributed by atoms with Crippen molar-refractivity contribution < 1.29 is 9.90 Å². The first kappa shape index (κ1) is 21.0. The summed E-state index contributed by atoms with van der Waals surface area (Å²) in [6, 6.07) is 11.0. The van der Waals surface area contributed by atoms with Crippen molar-refractivity contribution in [1.82, 2.24) is 4.98 Å². The Balaban J connectivity index is 1.64. The highest BCUT2D eigenvalue weighted by molar-refractivity contribution is 5.98. The van der Waals surface area contributed by atoms with Crippen LogP contribution in [0, 0.1) is 13.8 Å². The first-order valence-corrected chi connectivity index (χ1v) is 11.6. The molecule has 0 amide bonds. The van der Waals surface area contributed by atoms with E-state index in [1.165, 1.54) is 0 Å². The quantitative estimate of drug-likeness (QED) is 0.489. The number of pyridine rings is 1. The normalized spacial score (nSPS) is 22.0. The number of aldehydes is 1. The first-order valence-electron chi connectivity index (χ1n) is 11.6. The van der Waals surface area contributed by atoms with E-state index in [0.717, 1.165) is 89.2 Å². The molecule has 0 atom stereocenters. The lowest BCUT2D eigenvalue weighted by Crippen LogP contribution is -2.33. The van der Waals surface area contributed by atoms with Gasteiger partial charge >= 0.3 is 0 Å². The van der Waals surface area contributed by atoms with Gasteiger partial charge in [-0.2, -0.15) is 0 Å². The van der Waals surface area contributed by atoms with E-state index in [9.17, 15) is 9.90 Å². The van der Waals surface area contributed by atoms with E-state index in [1.54, 1.807) is 0 Å². The van der Waals surface area contributed by atoms with E-state index in [0.29, 0.717) is 17.8 Å². The molecule has 0 unspecified atom stereocenters. The molecule has 5 nitrogen and oxygen atoms in total. The van der Waals surface area contributed by atoms with Crippen LogP contribution in [0.4, 0.5) is 5.69 Å². The van der Waals surface area contributed by atoms with Gasteiger partial charge in [0, 0.05) is 34.9 Å². The van der Waals surface area contributed by atoms with Crippen LogP contribution < -0.4 is 11.1 Å². The number of anilines is 1. The molecule has 5 rings (SSSR count). The summed E-state index contributed by atoms with van der Waals surface area (Å²) in [5, 5.41) is 15.0. The molecule has 0 bridgehead atoms. The number of nitrogens with zero attached hydrogens (tertiary/aromatic N) is 1. The highest BCUT2D eigenvalue weighted by Gasteiger charge is 2.46. The number of carbonyl (C=O) groups is 1. The van der Waals surface area contributed by atoms with Crippen LogP contribution in [0.25, 0.3) is 22.0 Å². The molecule has 3 aromatic rings. The van der Waals surface area contributed by atoms with Gasteiger partial charge in [-0.1, -0.05) is 6.07 Å². The van der Waals surface area contributed by atoms with Crippen LogP contribution in [-0.2, 0) is 10.2 Å². The van der Waals surface area contributed by atoms with Crippen LogP contribution in [0.15, 0.2) is 36.5 Å². The molecule has 2 fully saturated rings. The minimum Gasteiger partial charge on any atom is -0.507 e. The van der Waals surface area contributed by atoms with Crippen molar-refractivity contribution in [1.29, 1.82) is 0 Å². The maximum Gasteiger partial charge on any atom is 0.130 e. The summed E-state index contributed by atoms with van der Waals surface area (Å²) in [5.41, 5.74) is 12.6. The van der Waals surface area contributed by atoms with E-state index >= 15 is 0 Å². The van der Waals surface area contributed by atoms with Crippen molar-refractivity contribution in [2.75, 3.05) is 5.32 Å². The molecular formula is C27H31N3O2. The van der Waals surface area contributed by atoms with Gasteiger partial charge in [0.1, 0.15) is 12.0 Å². The van der Waals surface area contributed by atoms with Crippen molar-refractivity contribution >= 4 is 22.9 Å². The SMILES string of the molecule is Cc1cc(-c2ccc3ncc(C4(C=O)CC4)c(N[C@H]4CC[C@H](N)CC4)c3c2)cc(C)c1O. The number of benzene rings is 2. The lowest BCUT2D eigenvalue weighted by atomic mass is 9.89. The Kier molecular flexibility index (Phi) is 5.17. The van der Waals surface area contributed by atoms with Gasteiger partial charge in [0.15, 0.2) is 0 Å². The molecule has 32 heavy (non-hydrogen) atoms. The highest BCUT2D eigenvalue weighted by Crippen LogP contribution is 2.50. The standard InChI is InChI=1S/C27H31N3O2/c1-16-11-19(12-17(2)26(16)32)18-3-8-24-22(13-18)25(30-21-6-4-20(28)5-7-21)23(14-29-24)27(15-31)9-10-27/h3,8,11-15,20-21,32H,4-7,9-10,28H2,1-2H3,(H,29,30)/t20-,21-. The number of hydrogen-bond acceptors (Lipinski definition) is 5. The lowest BCUT2D eigenvalue weighted by Gasteiger charge is -2.29. The van der Waals surface area contributed by atoms with Gasteiger partial charge in [0.25, 0.3) is 0 Å². The van der Waals surface area contributed by atoms with Gasteiger partial charge in [-0.15, -0.1) is 0 Å². The van der Waals surface area contributed by atoms with Crippen LogP contribution in [0.5, 0.6) is 5.75 Å². The van der Waals surface area contributed by atoms with Gasteiger partial charge < -0.3 is 21.0 Å². The second-order valence-electron chi connectivity index (χ2n) is 9.77. The van der Waals surface area contributed by atoms with E-state index in [-0.39, 0.29) is 0 Å². The summed E-state index contributed by atoms with van der Waals surface area (Å²) < 4.78 is 0. The molecule has 4 N–H and O–H groups in total. The zero-order valence-electron chi connectivity index (χ0n) is 18.8. The average molecular weight is 430 g/mol. The van der Waals surface area contributed by atoms with E-state index < -0.39 is 5.41 Å². The smallest absolute Gasteiger partial charge is 0.130 e. The summed E-state index contributed by atoms with van der Waals surface area (Å²) in [6.07, 6.45) is 8.87. The Morgan fingerprint density at radius 1 is 1.06 bits per heavy atom. The molecule has 2 aromatic carbocycles. The number of phenols is 1. The van der Waals surface area contributed by atoms with Crippen LogP contribution in [0.1, 0.15) is 55.2 Å². The maximum absolute atomic E-state index is 12.0. The first-order chi connectivity index (χ1) is 15.4. The Bertz CT molecular complexity index is 1170. The van der Waals surface area contributed by atoms with Crippen molar-refractivity contribution in [2.45, 2.75) is 69.9 Å². The number of aromatic nitrogens is 1. The predicted molar refractivity (Wildman–Crippen MR) is 129 cm³/mol. The fourth-order valence-electron chi connectivity index (χ4n) is 5.08. The van der Waals surface area contributed by atoms with Gasteiger partial charge in [-0.25, -0.2) is 0 Å². The van der Waals surface area contributed by atoms with E-state index in [2.05, 4.69) is 23.5 Å². The summed E-state index contributed by atoms with van der Waals surface area (Å²) >= 11 is 0. The predicted octanol–water partition coefficient (Wildman–Crippen LogP) is 5.14. The van der Waals surface area contributed by atoms with Crippen LogP contribution in [-0.4, -0.2) is 28.5 Å². The van der Waals surface area contributed by atoms with Crippen LogP contribution in [0.2, 0.25) is 0 Å². The molecule has 2 aliphatic rings. The lowest BCUT2D eigenvalue weighted by molar-refractivity contribution is -0.109. The number of aryl methyl sites for hydroxylation is 2. The fraction of sp³-hybridized carbons (Fsp3) is 0.407. The third kappa shape index (κ3) is 3.65. The highest BCUT2D eigenvalue weighted by atomic mass is 16.3. The number of fused-ring (bicyclic) bond motifs is 1. The number of aromatic hydroxyl groups is 1. The molecule has 2 aliphatic carbocycles.